The molecule has 2 rings (SSSR count). The van der Waals surface area contributed by atoms with Gasteiger partial charge in [0.15, 0.2) is 0 Å². The Morgan fingerprint density at radius 1 is 1.27 bits per heavy atom. The lowest BCUT2D eigenvalue weighted by atomic mass is 10.0. The van der Waals surface area contributed by atoms with Gasteiger partial charge in [-0.1, -0.05) is 44.5 Å². The van der Waals surface area contributed by atoms with E-state index in [1.807, 2.05) is 0 Å². The van der Waals surface area contributed by atoms with E-state index in [-0.39, 0.29) is 11.9 Å². The number of hydrogen-bond donors (Lipinski definition) is 2. The second-order valence-corrected chi connectivity index (χ2v) is 6.00. The summed E-state index contributed by atoms with van der Waals surface area (Å²) in [6.07, 6.45) is 3.27. The third-order valence-electron chi connectivity index (χ3n) is 4.39. The molecule has 1 amide bonds. The molecule has 0 aromatic heterocycles. The van der Waals surface area contributed by atoms with Crippen LogP contribution in [0.15, 0.2) is 24.3 Å². The summed E-state index contributed by atoms with van der Waals surface area (Å²) in [4.78, 5) is 14.5. The average Bonchev–Trinajstić information content (AvgIpc) is 2.58. The van der Waals surface area contributed by atoms with Crippen LogP contribution < -0.4 is 10.6 Å². The summed E-state index contributed by atoms with van der Waals surface area (Å²) in [7, 11) is 0. The molecule has 1 atom stereocenters. The molecule has 0 spiro atoms. The topological polar surface area (TPSA) is 44.4 Å². The third-order valence-corrected chi connectivity index (χ3v) is 4.39. The highest BCUT2D eigenvalue weighted by atomic mass is 16.2. The van der Waals surface area contributed by atoms with E-state index in [1.54, 1.807) is 0 Å². The van der Waals surface area contributed by atoms with Crippen LogP contribution in [-0.2, 0) is 17.9 Å². The fraction of sp³-hybridized carbons (Fsp3) is 0.611. The standard InChI is InChI=1S/C18H29N3O/c1-3-21(4-2)14-16-9-7-8-15(12-16)13-20-18(22)17-10-5-6-11-19-17/h7-9,12,17,19H,3-6,10-11,13-14H2,1-2H3,(H,20,22). The van der Waals surface area contributed by atoms with Crippen LogP contribution in [0.3, 0.4) is 0 Å². The smallest absolute Gasteiger partial charge is 0.237 e. The van der Waals surface area contributed by atoms with Crippen LogP contribution >= 0.6 is 0 Å². The van der Waals surface area contributed by atoms with E-state index in [9.17, 15) is 4.79 Å². The van der Waals surface area contributed by atoms with Gasteiger partial charge in [0.1, 0.15) is 0 Å². The van der Waals surface area contributed by atoms with Crippen molar-refractivity contribution >= 4 is 5.91 Å². The molecule has 0 bridgehead atoms. The maximum absolute atomic E-state index is 12.1. The number of nitrogens with one attached hydrogen (secondary N) is 2. The van der Waals surface area contributed by atoms with Crippen molar-refractivity contribution in [1.29, 1.82) is 0 Å². The van der Waals surface area contributed by atoms with Gasteiger partial charge in [0.2, 0.25) is 5.91 Å². The van der Waals surface area contributed by atoms with Gasteiger partial charge in [0.25, 0.3) is 0 Å². The summed E-state index contributed by atoms with van der Waals surface area (Å²) >= 11 is 0. The van der Waals surface area contributed by atoms with Crippen molar-refractivity contribution in [3.05, 3.63) is 35.4 Å². The van der Waals surface area contributed by atoms with Crippen LogP contribution in [0.1, 0.15) is 44.2 Å². The maximum Gasteiger partial charge on any atom is 0.237 e. The van der Waals surface area contributed by atoms with Gasteiger partial charge in [-0.25, -0.2) is 0 Å². The highest BCUT2D eigenvalue weighted by Gasteiger charge is 2.19. The van der Waals surface area contributed by atoms with E-state index in [1.165, 1.54) is 17.5 Å². The van der Waals surface area contributed by atoms with Crippen LogP contribution in [-0.4, -0.2) is 36.5 Å². The van der Waals surface area contributed by atoms with E-state index in [2.05, 4.69) is 53.6 Å². The zero-order valence-electron chi connectivity index (χ0n) is 13.9. The van der Waals surface area contributed by atoms with Crippen LogP contribution in [0, 0.1) is 0 Å². The number of piperidine rings is 1. The largest absolute Gasteiger partial charge is 0.351 e. The maximum atomic E-state index is 12.1. The number of hydrogen-bond acceptors (Lipinski definition) is 3. The Morgan fingerprint density at radius 3 is 2.73 bits per heavy atom. The van der Waals surface area contributed by atoms with E-state index < -0.39 is 0 Å². The van der Waals surface area contributed by atoms with Gasteiger partial charge in [0.05, 0.1) is 6.04 Å². The van der Waals surface area contributed by atoms with Crippen LogP contribution in [0.5, 0.6) is 0 Å². The fourth-order valence-electron chi connectivity index (χ4n) is 2.93. The lowest BCUT2D eigenvalue weighted by Gasteiger charge is -2.22. The minimum Gasteiger partial charge on any atom is -0.351 e. The minimum atomic E-state index is -0.00685. The van der Waals surface area contributed by atoms with E-state index in [0.717, 1.165) is 39.0 Å². The Balaban J connectivity index is 1.85. The van der Waals surface area contributed by atoms with Gasteiger partial charge >= 0.3 is 0 Å². The number of nitrogens with zero attached hydrogens (tertiary/aromatic N) is 1. The van der Waals surface area contributed by atoms with Gasteiger partial charge in [0, 0.05) is 13.1 Å². The molecule has 1 aromatic rings. The van der Waals surface area contributed by atoms with Crippen molar-refractivity contribution in [3.63, 3.8) is 0 Å². The molecule has 0 saturated carbocycles. The lowest BCUT2D eigenvalue weighted by Crippen LogP contribution is -2.46. The zero-order valence-corrected chi connectivity index (χ0v) is 13.9. The summed E-state index contributed by atoms with van der Waals surface area (Å²) in [6, 6.07) is 8.52. The first kappa shape index (κ1) is 17.0. The molecule has 4 nitrogen and oxygen atoms in total. The van der Waals surface area contributed by atoms with Crippen molar-refractivity contribution in [3.8, 4) is 0 Å². The molecule has 1 heterocycles. The molecule has 4 heteroatoms. The van der Waals surface area contributed by atoms with Gasteiger partial charge in [-0.2, -0.15) is 0 Å². The molecular weight excluding hydrogens is 274 g/mol. The number of benzene rings is 1. The Labute approximate surface area is 134 Å². The molecule has 1 aliphatic rings. The van der Waals surface area contributed by atoms with Crippen LogP contribution in [0.25, 0.3) is 0 Å². The zero-order chi connectivity index (χ0) is 15.8. The summed E-state index contributed by atoms with van der Waals surface area (Å²) in [5.41, 5.74) is 2.49. The van der Waals surface area contributed by atoms with Gasteiger partial charge in [-0.3, -0.25) is 9.69 Å². The Hall–Kier alpha value is -1.39. The highest BCUT2D eigenvalue weighted by Crippen LogP contribution is 2.10. The van der Waals surface area contributed by atoms with E-state index >= 15 is 0 Å². The summed E-state index contributed by atoms with van der Waals surface area (Å²) in [6.45, 7) is 9.03. The predicted octanol–water partition coefficient (Wildman–Crippen LogP) is 2.29. The molecule has 1 saturated heterocycles. The van der Waals surface area contributed by atoms with Crippen molar-refractivity contribution in [1.82, 2.24) is 15.5 Å². The Morgan fingerprint density at radius 2 is 2.05 bits per heavy atom. The highest BCUT2D eigenvalue weighted by molar-refractivity contribution is 5.81. The van der Waals surface area contributed by atoms with Crippen LogP contribution in [0.4, 0.5) is 0 Å². The SMILES string of the molecule is CCN(CC)Cc1cccc(CNC(=O)C2CCCCN2)c1. The average molecular weight is 303 g/mol. The third kappa shape index (κ3) is 5.11. The van der Waals surface area contributed by atoms with E-state index in [4.69, 9.17) is 0 Å². The predicted molar refractivity (Wildman–Crippen MR) is 90.6 cm³/mol. The summed E-state index contributed by atoms with van der Waals surface area (Å²) < 4.78 is 0. The first-order valence-corrected chi connectivity index (χ1v) is 8.54. The fourth-order valence-corrected chi connectivity index (χ4v) is 2.93. The Bertz CT molecular complexity index is 465. The molecule has 122 valence electrons. The molecular formula is C18H29N3O. The summed E-state index contributed by atoms with van der Waals surface area (Å²) in [5, 5.41) is 6.35. The van der Waals surface area contributed by atoms with Gasteiger partial charge < -0.3 is 10.6 Å². The van der Waals surface area contributed by atoms with Gasteiger partial charge in [-0.05, 0) is 43.6 Å². The molecule has 0 aliphatic carbocycles. The minimum absolute atomic E-state index is 0.00685. The van der Waals surface area contributed by atoms with E-state index in [0.29, 0.717) is 6.54 Å². The number of carbonyl (C=O) groups is 1. The first-order valence-electron chi connectivity index (χ1n) is 8.54. The van der Waals surface area contributed by atoms with Crippen molar-refractivity contribution in [2.24, 2.45) is 0 Å². The Kier molecular flexibility index (Phi) is 6.87. The summed E-state index contributed by atoms with van der Waals surface area (Å²) in [5.74, 6) is 0.133. The number of amides is 1. The first-order chi connectivity index (χ1) is 10.7. The molecule has 1 fully saturated rings. The molecule has 22 heavy (non-hydrogen) atoms. The monoisotopic (exact) mass is 303 g/mol. The molecule has 2 N–H and O–H groups in total. The molecule has 1 unspecified atom stereocenters. The second-order valence-electron chi connectivity index (χ2n) is 6.00. The number of rotatable bonds is 7. The van der Waals surface area contributed by atoms with Crippen molar-refractivity contribution in [2.45, 2.75) is 52.2 Å². The van der Waals surface area contributed by atoms with Crippen molar-refractivity contribution < 1.29 is 4.79 Å². The quantitative estimate of drug-likeness (QED) is 0.812. The molecule has 1 aliphatic heterocycles. The molecule has 1 aromatic carbocycles. The van der Waals surface area contributed by atoms with Crippen LogP contribution in [0.2, 0.25) is 0 Å². The van der Waals surface area contributed by atoms with Gasteiger partial charge in [-0.15, -0.1) is 0 Å². The normalized spacial score (nSPS) is 18.4. The van der Waals surface area contributed by atoms with Crippen molar-refractivity contribution in [2.75, 3.05) is 19.6 Å². The number of carbonyl (C=O) groups excluding carboxylic acids is 1. The second kappa shape index (κ2) is 8.91. The molecule has 0 radical (unpaired) electrons. The lowest BCUT2D eigenvalue weighted by molar-refractivity contribution is -0.123.